The second kappa shape index (κ2) is 10.7. The zero-order chi connectivity index (χ0) is 27.0. The second-order valence-electron chi connectivity index (χ2n) is 9.43. The average Bonchev–Trinajstić information content (AvgIpc) is 3.24. The topological polar surface area (TPSA) is 101 Å². The lowest BCUT2D eigenvalue weighted by Gasteiger charge is -2.22. The number of carbonyl (C=O) groups is 1. The van der Waals surface area contributed by atoms with Crippen LogP contribution < -0.4 is 10.5 Å². The molecule has 0 saturated carbocycles. The molecule has 2 heterocycles. The Morgan fingerprint density at radius 1 is 1.18 bits per heavy atom. The van der Waals surface area contributed by atoms with Gasteiger partial charge in [-0.1, -0.05) is 26.0 Å². The van der Waals surface area contributed by atoms with Crippen LogP contribution in [0.15, 0.2) is 53.4 Å². The number of nitrogens with two attached hydrogens (primary N) is 1. The SMILES string of the molecule is CCc1c(C(=O)N2CCOc3ccc(-c4ccc5nc(C(C)N)[nH]c5c4)cc3C2)ccc(S(=O)CC)c1F. The minimum atomic E-state index is -1.44. The smallest absolute Gasteiger partial charge is 0.254 e. The summed E-state index contributed by atoms with van der Waals surface area (Å²) in [4.78, 5) is 23.3. The number of hydrogen-bond acceptors (Lipinski definition) is 5. The number of nitrogens with one attached hydrogen (secondary N) is 1. The molecule has 5 rings (SSSR count). The van der Waals surface area contributed by atoms with Gasteiger partial charge in [-0.2, -0.15) is 0 Å². The van der Waals surface area contributed by atoms with Gasteiger partial charge in [0.25, 0.3) is 5.91 Å². The predicted octanol–water partition coefficient (Wildman–Crippen LogP) is 5.11. The maximum atomic E-state index is 15.2. The van der Waals surface area contributed by atoms with Gasteiger partial charge in [-0.05, 0) is 60.9 Å². The molecule has 0 bridgehead atoms. The Balaban J connectivity index is 1.46. The molecule has 0 radical (unpaired) electrons. The zero-order valence-electron chi connectivity index (χ0n) is 21.7. The number of rotatable bonds is 6. The number of hydrogen-bond donors (Lipinski definition) is 2. The Hall–Kier alpha value is -3.56. The number of H-pyrrole nitrogens is 1. The summed E-state index contributed by atoms with van der Waals surface area (Å²) in [6.07, 6.45) is 0.327. The first-order chi connectivity index (χ1) is 18.3. The molecular formula is C29H31FN4O3S. The van der Waals surface area contributed by atoms with Gasteiger partial charge < -0.3 is 20.4 Å². The van der Waals surface area contributed by atoms with E-state index in [1.54, 1.807) is 24.8 Å². The summed E-state index contributed by atoms with van der Waals surface area (Å²) < 4.78 is 33.4. The lowest BCUT2D eigenvalue weighted by atomic mass is 10.0. The summed E-state index contributed by atoms with van der Waals surface area (Å²) in [6.45, 7) is 6.46. The van der Waals surface area contributed by atoms with Crippen LogP contribution in [0.3, 0.4) is 0 Å². The van der Waals surface area contributed by atoms with Crippen molar-refractivity contribution in [2.45, 2.75) is 44.7 Å². The number of imidazole rings is 1. The van der Waals surface area contributed by atoms with Gasteiger partial charge in [-0.25, -0.2) is 9.37 Å². The van der Waals surface area contributed by atoms with Crippen LogP contribution in [0.1, 0.15) is 54.1 Å². The molecule has 1 amide bonds. The maximum absolute atomic E-state index is 15.2. The average molecular weight is 535 g/mol. The highest BCUT2D eigenvalue weighted by Crippen LogP contribution is 2.32. The molecular weight excluding hydrogens is 503 g/mol. The van der Waals surface area contributed by atoms with Gasteiger partial charge in [-0.3, -0.25) is 9.00 Å². The molecule has 0 aliphatic carbocycles. The molecule has 38 heavy (non-hydrogen) atoms. The molecule has 1 aromatic heterocycles. The molecule has 4 aromatic rings. The Morgan fingerprint density at radius 3 is 2.68 bits per heavy atom. The highest BCUT2D eigenvalue weighted by Gasteiger charge is 2.26. The molecule has 0 spiro atoms. The zero-order valence-corrected chi connectivity index (χ0v) is 22.5. The molecule has 0 fully saturated rings. The van der Waals surface area contributed by atoms with Gasteiger partial charge in [0.2, 0.25) is 0 Å². The van der Waals surface area contributed by atoms with E-state index in [1.165, 1.54) is 6.07 Å². The molecule has 7 nitrogen and oxygen atoms in total. The van der Waals surface area contributed by atoms with E-state index in [0.717, 1.165) is 39.3 Å². The number of aromatic nitrogens is 2. The summed E-state index contributed by atoms with van der Waals surface area (Å²) in [5.41, 5.74) is 11.2. The Morgan fingerprint density at radius 2 is 1.95 bits per heavy atom. The summed E-state index contributed by atoms with van der Waals surface area (Å²) in [6, 6.07) is 14.8. The van der Waals surface area contributed by atoms with Crippen LogP contribution in [0.25, 0.3) is 22.2 Å². The van der Waals surface area contributed by atoms with Gasteiger partial charge in [0.1, 0.15) is 24.0 Å². The van der Waals surface area contributed by atoms with Crippen LogP contribution >= 0.6 is 0 Å². The van der Waals surface area contributed by atoms with Gasteiger partial charge in [0.15, 0.2) is 0 Å². The first-order valence-electron chi connectivity index (χ1n) is 12.8. The van der Waals surface area contributed by atoms with Crippen molar-refractivity contribution in [2.24, 2.45) is 5.73 Å². The molecule has 1 aliphatic rings. The summed E-state index contributed by atoms with van der Waals surface area (Å²) in [7, 11) is -1.44. The lowest BCUT2D eigenvalue weighted by Crippen LogP contribution is -2.33. The largest absolute Gasteiger partial charge is 0.491 e. The molecule has 1 aliphatic heterocycles. The molecule has 3 N–H and O–H groups in total. The minimum absolute atomic E-state index is 0.150. The van der Waals surface area contributed by atoms with E-state index in [2.05, 4.69) is 9.97 Å². The number of fused-ring (bicyclic) bond motifs is 2. The number of aromatic amines is 1. The maximum Gasteiger partial charge on any atom is 0.254 e. The van der Waals surface area contributed by atoms with Crippen molar-refractivity contribution in [3.05, 3.63) is 76.9 Å². The highest BCUT2D eigenvalue weighted by molar-refractivity contribution is 7.85. The standard InChI is InChI=1S/C29H31FN4O3S/c1-4-21-22(8-11-26(27(21)30)38(36)5-2)29(35)34-12-13-37-25-10-7-18(14-20(25)16-34)19-6-9-23-24(15-19)33-28(32-23)17(3)31/h6-11,14-15,17H,4-5,12-13,16,31H2,1-3H3,(H,32,33). The third kappa shape index (κ3) is 4.83. The third-order valence-corrected chi connectivity index (χ3v) is 8.22. The highest BCUT2D eigenvalue weighted by atomic mass is 32.2. The van der Waals surface area contributed by atoms with Crippen LogP contribution in [0.5, 0.6) is 5.75 Å². The fraction of sp³-hybridized carbons (Fsp3) is 0.310. The molecule has 3 aromatic carbocycles. The second-order valence-corrected chi connectivity index (χ2v) is 11.1. The lowest BCUT2D eigenvalue weighted by molar-refractivity contribution is 0.0731. The normalized spacial score (nSPS) is 15.0. The van der Waals surface area contributed by atoms with Crippen LogP contribution in [-0.2, 0) is 23.8 Å². The van der Waals surface area contributed by atoms with Crippen molar-refractivity contribution < 1.29 is 18.1 Å². The number of benzene rings is 3. The summed E-state index contributed by atoms with van der Waals surface area (Å²) in [5.74, 6) is 0.962. The van der Waals surface area contributed by atoms with E-state index in [-0.39, 0.29) is 16.8 Å². The number of ether oxygens (including phenoxy) is 1. The van der Waals surface area contributed by atoms with Crippen molar-refractivity contribution >= 4 is 27.7 Å². The fourth-order valence-electron chi connectivity index (χ4n) is 4.82. The van der Waals surface area contributed by atoms with Crippen LogP contribution in [-0.4, -0.2) is 43.9 Å². The Bertz CT molecular complexity index is 1550. The van der Waals surface area contributed by atoms with Gasteiger partial charge in [-0.15, -0.1) is 0 Å². The van der Waals surface area contributed by atoms with Crippen LogP contribution in [0.4, 0.5) is 4.39 Å². The monoisotopic (exact) mass is 534 g/mol. The third-order valence-electron chi connectivity index (χ3n) is 6.89. The van der Waals surface area contributed by atoms with Crippen molar-refractivity contribution in [3.63, 3.8) is 0 Å². The fourth-order valence-corrected chi connectivity index (χ4v) is 5.67. The van der Waals surface area contributed by atoms with E-state index >= 15 is 4.39 Å². The number of carbonyl (C=O) groups excluding carboxylic acids is 1. The van der Waals surface area contributed by atoms with E-state index in [9.17, 15) is 9.00 Å². The summed E-state index contributed by atoms with van der Waals surface area (Å²) >= 11 is 0. The van der Waals surface area contributed by atoms with Crippen LogP contribution in [0.2, 0.25) is 0 Å². The molecule has 0 saturated heterocycles. The van der Waals surface area contributed by atoms with Crippen molar-refractivity contribution in [1.82, 2.24) is 14.9 Å². The van der Waals surface area contributed by atoms with Gasteiger partial charge >= 0.3 is 0 Å². The first-order valence-corrected chi connectivity index (χ1v) is 14.1. The van der Waals surface area contributed by atoms with Gasteiger partial charge in [0.05, 0.1) is 39.3 Å². The van der Waals surface area contributed by atoms with Crippen molar-refractivity contribution in [1.29, 1.82) is 0 Å². The number of halogens is 1. The molecule has 2 atom stereocenters. The number of nitrogens with zero attached hydrogens (tertiary/aromatic N) is 2. The van der Waals surface area contributed by atoms with E-state index < -0.39 is 16.6 Å². The molecule has 9 heteroatoms. The predicted molar refractivity (Wildman–Crippen MR) is 147 cm³/mol. The van der Waals surface area contributed by atoms with E-state index in [1.807, 2.05) is 43.3 Å². The van der Waals surface area contributed by atoms with E-state index in [4.69, 9.17) is 10.5 Å². The van der Waals surface area contributed by atoms with Crippen molar-refractivity contribution in [3.8, 4) is 16.9 Å². The van der Waals surface area contributed by atoms with Crippen molar-refractivity contribution in [2.75, 3.05) is 18.9 Å². The Labute approximate surface area is 223 Å². The quantitative estimate of drug-likeness (QED) is 0.358. The van der Waals surface area contributed by atoms with E-state index in [0.29, 0.717) is 43.0 Å². The molecule has 198 valence electrons. The Kier molecular flexibility index (Phi) is 7.32. The molecule has 2 unspecified atom stereocenters. The van der Waals surface area contributed by atoms with Crippen LogP contribution in [0, 0.1) is 5.82 Å². The number of amides is 1. The summed E-state index contributed by atoms with van der Waals surface area (Å²) in [5, 5.41) is 0. The minimum Gasteiger partial charge on any atom is -0.491 e. The van der Waals surface area contributed by atoms with Gasteiger partial charge in [0, 0.05) is 29.0 Å². The first kappa shape index (κ1) is 26.1.